The van der Waals surface area contributed by atoms with Gasteiger partial charge in [0.15, 0.2) is 5.16 Å². The van der Waals surface area contributed by atoms with Crippen LogP contribution in [0.1, 0.15) is 32.7 Å². The normalized spacial score (nSPS) is 16.8. The molecule has 2 aliphatic rings. The fourth-order valence-corrected chi connectivity index (χ4v) is 5.98. The Labute approximate surface area is 243 Å². The van der Waals surface area contributed by atoms with E-state index < -0.39 is 11.7 Å². The van der Waals surface area contributed by atoms with Gasteiger partial charge in [0.05, 0.1) is 5.56 Å². The van der Waals surface area contributed by atoms with Crippen molar-refractivity contribution in [2.45, 2.75) is 30.9 Å². The first kappa shape index (κ1) is 29.2. The van der Waals surface area contributed by atoms with Gasteiger partial charge in [-0.15, -0.1) is 0 Å². The molecule has 1 aromatic heterocycles. The first-order chi connectivity index (χ1) is 19.6. The van der Waals surface area contributed by atoms with Crippen LogP contribution in [0.25, 0.3) is 0 Å². The van der Waals surface area contributed by atoms with Crippen molar-refractivity contribution in [1.82, 2.24) is 19.8 Å². The minimum atomic E-state index is -4.36. The van der Waals surface area contributed by atoms with Crippen molar-refractivity contribution >= 4 is 29.2 Å². The van der Waals surface area contributed by atoms with Gasteiger partial charge in [0.2, 0.25) is 0 Å². The standard InChI is InChI=1S/C30H35F3N6OS/c1-21-22(2)34-29(41-20-23-6-4-7-24(18-23)28(40)39-12-10-36(3)11-13-39)35-27(21)38-16-14-37(15-17-38)26-9-5-8-25(19-26)30(31,32)33/h4-9,18-19H,10-17,20H2,1-3H3. The van der Waals surface area contributed by atoms with Crippen LogP contribution in [0.2, 0.25) is 0 Å². The first-order valence-electron chi connectivity index (χ1n) is 13.8. The van der Waals surface area contributed by atoms with Gasteiger partial charge in [-0.2, -0.15) is 13.2 Å². The summed E-state index contributed by atoms with van der Waals surface area (Å²) >= 11 is 1.53. The summed E-state index contributed by atoms with van der Waals surface area (Å²) in [6, 6.07) is 13.3. The van der Waals surface area contributed by atoms with E-state index in [4.69, 9.17) is 9.97 Å². The summed E-state index contributed by atoms with van der Waals surface area (Å²) in [5, 5.41) is 0.666. The van der Waals surface area contributed by atoms with Crippen LogP contribution in [0.5, 0.6) is 0 Å². The molecular weight excluding hydrogens is 549 g/mol. The molecule has 11 heteroatoms. The summed E-state index contributed by atoms with van der Waals surface area (Å²) in [6.45, 7) is 9.71. The molecule has 0 N–H and O–H groups in total. The van der Waals surface area contributed by atoms with Crippen LogP contribution in [0.4, 0.5) is 24.7 Å². The van der Waals surface area contributed by atoms with Crippen LogP contribution in [0, 0.1) is 13.8 Å². The minimum Gasteiger partial charge on any atom is -0.368 e. The second-order valence-electron chi connectivity index (χ2n) is 10.6. The number of anilines is 2. The molecule has 1 amide bonds. The Kier molecular flexibility index (Phi) is 8.74. The lowest BCUT2D eigenvalue weighted by molar-refractivity contribution is -0.137. The lowest BCUT2D eigenvalue weighted by Gasteiger charge is -2.37. The van der Waals surface area contributed by atoms with E-state index in [9.17, 15) is 18.0 Å². The number of hydrogen-bond acceptors (Lipinski definition) is 7. The molecule has 0 spiro atoms. The number of amides is 1. The summed E-state index contributed by atoms with van der Waals surface area (Å²) < 4.78 is 39.6. The van der Waals surface area contributed by atoms with Crippen molar-refractivity contribution in [2.75, 3.05) is 69.2 Å². The molecule has 0 atom stereocenters. The molecule has 2 aliphatic heterocycles. The maximum Gasteiger partial charge on any atom is 0.416 e. The summed E-state index contributed by atoms with van der Waals surface area (Å²) in [5.41, 5.74) is 3.59. The van der Waals surface area contributed by atoms with Gasteiger partial charge in [0.1, 0.15) is 5.82 Å². The van der Waals surface area contributed by atoms with Crippen LogP contribution in [-0.4, -0.2) is 85.1 Å². The second kappa shape index (κ2) is 12.3. The minimum absolute atomic E-state index is 0.0685. The number of likely N-dealkylation sites (N-methyl/N-ethyl adjacent to an activating group) is 1. The SMILES string of the molecule is Cc1nc(SCc2cccc(C(=O)N3CCN(C)CC3)c2)nc(N2CCN(c3cccc(C(F)(F)F)c3)CC2)c1C. The van der Waals surface area contributed by atoms with E-state index in [0.717, 1.165) is 54.9 Å². The van der Waals surface area contributed by atoms with Crippen molar-refractivity contribution < 1.29 is 18.0 Å². The van der Waals surface area contributed by atoms with Crippen molar-refractivity contribution in [3.8, 4) is 0 Å². The largest absolute Gasteiger partial charge is 0.416 e. The monoisotopic (exact) mass is 584 g/mol. The number of nitrogens with zero attached hydrogens (tertiary/aromatic N) is 6. The van der Waals surface area contributed by atoms with Crippen LogP contribution >= 0.6 is 11.8 Å². The maximum absolute atomic E-state index is 13.2. The Hall–Kier alpha value is -3.31. The zero-order valence-corrected chi connectivity index (χ0v) is 24.4. The highest BCUT2D eigenvalue weighted by molar-refractivity contribution is 7.98. The molecule has 0 radical (unpaired) electrons. The summed E-state index contributed by atoms with van der Waals surface area (Å²) in [7, 11) is 2.07. The maximum atomic E-state index is 13.2. The van der Waals surface area contributed by atoms with Gasteiger partial charge in [0.25, 0.3) is 5.91 Å². The van der Waals surface area contributed by atoms with E-state index in [1.54, 1.807) is 6.07 Å². The van der Waals surface area contributed by atoms with Gasteiger partial charge in [-0.05, 0) is 56.8 Å². The third-order valence-electron chi connectivity index (χ3n) is 7.79. The van der Waals surface area contributed by atoms with E-state index in [1.807, 2.05) is 47.9 Å². The molecule has 5 rings (SSSR count). The van der Waals surface area contributed by atoms with E-state index in [2.05, 4.69) is 16.8 Å². The number of aromatic nitrogens is 2. The Morgan fingerprint density at radius 3 is 2.27 bits per heavy atom. The molecule has 3 heterocycles. The smallest absolute Gasteiger partial charge is 0.368 e. The van der Waals surface area contributed by atoms with Crippen LogP contribution in [0.3, 0.4) is 0 Å². The summed E-state index contributed by atoms with van der Waals surface area (Å²) in [6.07, 6.45) is -4.36. The number of benzene rings is 2. The number of carbonyl (C=O) groups is 1. The van der Waals surface area contributed by atoms with Crippen molar-refractivity contribution in [1.29, 1.82) is 0 Å². The van der Waals surface area contributed by atoms with Gasteiger partial charge >= 0.3 is 6.18 Å². The van der Waals surface area contributed by atoms with Crippen LogP contribution < -0.4 is 9.80 Å². The van der Waals surface area contributed by atoms with Gasteiger partial charge in [-0.25, -0.2) is 9.97 Å². The number of rotatable bonds is 6. The van der Waals surface area contributed by atoms with Crippen molar-refractivity contribution in [3.63, 3.8) is 0 Å². The van der Waals surface area contributed by atoms with Gasteiger partial charge in [-0.3, -0.25) is 4.79 Å². The van der Waals surface area contributed by atoms with E-state index in [-0.39, 0.29) is 5.91 Å². The molecule has 2 fully saturated rings. The molecule has 3 aromatic rings. The van der Waals surface area contributed by atoms with E-state index in [0.29, 0.717) is 48.3 Å². The number of alkyl halides is 3. The Balaban J connectivity index is 1.23. The lowest BCUT2D eigenvalue weighted by atomic mass is 10.1. The van der Waals surface area contributed by atoms with E-state index >= 15 is 0 Å². The topological polar surface area (TPSA) is 55.8 Å². The number of carbonyl (C=O) groups excluding carboxylic acids is 1. The number of hydrogen-bond donors (Lipinski definition) is 0. The molecule has 7 nitrogen and oxygen atoms in total. The molecule has 2 saturated heterocycles. The molecule has 41 heavy (non-hydrogen) atoms. The van der Waals surface area contributed by atoms with Crippen LogP contribution in [0.15, 0.2) is 53.7 Å². The molecule has 218 valence electrons. The Morgan fingerprint density at radius 1 is 0.878 bits per heavy atom. The summed E-state index contributed by atoms with van der Waals surface area (Å²) in [4.78, 5) is 30.9. The fourth-order valence-electron chi connectivity index (χ4n) is 5.15. The zero-order valence-electron chi connectivity index (χ0n) is 23.6. The van der Waals surface area contributed by atoms with Gasteiger partial charge < -0.3 is 19.6 Å². The molecule has 0 saturated carbocycles. The third-order valence-corrected chi connectivity index (χ3v) is 8.71. The van der Waals surface area contributed by atoms with Gasteiger partial charge in [0, 0.05) is 80.6 Å². The second-order valence-corrected chi connectivity index (χ2v) is 11.6. The van der Waals surface area contributed by atoms with Crippen LogP contribution in [-0.2, 0) is 11.9 Å². The number of piperazine rings is 2. The summed E-state index contributed by atoms with van der Waals surface area (Å²) in [5.74, 6) is 1.57. The van der Waals surface area contributed by atoms with Crippen molar-refractivity contribution in [2.24, 2.45) is 0 Å². The lowest BCUT2D eigenvalue weighted by Crippen LogP contribution is -2.47. The molecular formula is C30H35F3N6OS. The number of aryl methyl sites for hydroxylation is 1. The average Bonchev–Trinajstić information content (AvgIpc) is 2.97. The molecule has 2 aromatic carbocycles. The predicted molar refractivity (Wildman–Crippen MR) is 157 cm³/mol. The molecule has 0 unspecified atom stereocenters. The number of thioether (sulfide) groups is 1. The number of halogens is 3. The molecule has 0 bridgehead atoms. The third kappa shape index (κ3) is 6.95. The highest BCUT2D eigenvalue weighted by atomic mass is 32.2. The Morgan fingerprint density at radius 2 is 1.56 bits per heavy atom. The van der Waals surface area contributed by atoms with E-state index in [1.165, 1.54) is 23.9 Å². The highest BCUT2D eigenvalue weighted by Gasteiger charge is 2.31. The Bertz CT molecular complexity index is 1380. The quantitative estimate of drug-likeness (QED) is 0.295. The zero-order chi connectivity index (χ0) is 29.1. The first-order valence-corrected chi connectivity index (χ1v) is 14.8. The fraction of sp³-hybridized carbons (Fsp3) is 0.433. The molecule has 0 aliphatic carbocycles. The predicted octanol–water partition coefficient (Wildman–Crippen LogP) is 5.12. The van der Waals surface area contributed by atoms with Crippen molar-refractivity contribution in [3.05, 3.63) is 76.5 Å². The highest BCUT2D eigenvalue weighted by Crippen LogP contribution is 2.33. The average molecular weight is 585 g/mol. The van der Waals surface area contributed by atoms with Gasteiger partial charge in [-0.1, -0.05) is 30.0 Å².